The Bertz CT molecular complexity index is 726. The summed E-state index contributed by atoms with van der Waals surface area (Å²) in [5.41, 5.74) is 0. The first-order valence-corrected chi connectivity index (χ1v) is 9.60. The van der Waals surface area contributed by atoms with Crippen LogP contribution in [0.1, 0.15) is 13.3 Å². The maximum Gasteiger partial charge on any atom is 0.243 e. The number of sulfonamides is 1. The van der Waals surface area contributed by atoms with E-state index in [0.717, 1.165) is 16.4 Å². The molecule has 0 radical (unpaired) electrons. The Morgan fingerprint density at radius 3 is 2.24 bits per heavy atom. The van der Waals surface area contributed by atoms with Gasteiger partial charge in [-0.1, -0.05) is 6.92 Å². The van der Waals surface area contributed by atoms with Gasteiger partial charge in [-0.3, -0.25) is 0 Å². The lowest BCUT2D eigenvalue weighted by molar-refractivity contribution is 0.354. The fourth-order valence-corrected chi connectivity index (χ4v) is 5.97. The zero-order valence-electron chi connectivity index (χ0n) is 11.3. The molecule has 1 fully saturated rings. The summed E-state index contributed by atoms with van der Waals surface area (Å²) >= 11 is 0. The standard InChI is InChI=1S/C12H15F2NO4S2/c1-2-15(11-3-4-20(16,17)8-11)21(18,19)12-6-9(13)5-10(14)7-12/h5-7,11H,2-4,8H2,1H3/t11-/m1/s1. The van der Waals surface area contributed by atoms with Crippen LogP contribution in [0.15, 0.2) is 23.1 Å². The van der Waals surface area contributed by atoms with E-state index < -0.39 is 42.4 Å². The molecule has 0 amide bonds. The van der Waals surface area contributed by atoms with Crippen LogP contribution in [0, 0.1) is 11.6 Å². The summed E-state index contributed by atoms with van der Waals surface area (Å²) in [6.45, 7) is 1.58. The highest BCUT2D eigenvalue weighted by Crippen LogP contribution is 2.25. The molecule has 0 unspecified atom stereocenters. The molecule has 0 spiro atoms. The van der Waals surface area contributed by atoms with E-state index in [0.29, 0.717) is 6.07 Å². The molecule has 9 heteroatoms. The van der Waals surface area contributed by atoms with E-state index in [-0.39, 0.29) is 24.5 Å². The molecule has 0 saturated carbocycles. The molecule has 0 bridgehead atoms. The normalized spacial score (nSPS) is 21.8. The molecule has 0 N–H and O–H groups in total. The van der Waals surface area contributed by atoms with Gasteiger partial charge in [0.25, 0.3) is 0 Å². The van der Waals surface area contributed by atoms with Gasteiger partial charge in [-0.25, -0.2) is 25.6 Å². The van der Waals surface area contributed by atoms with Gasteiger partial charge in [0.2, 0.25) is 10.0 Å². The number of halogens is 2. The summed E-state index contributed by atoms with van der Waals surface area (Å²) in [5.74, 6) is -2.34. The molecule has 1 aromatic carbocycles. The van der Waals surface area contributed by atoms with Crippen molar-refractivity contribution < 1.29 is 25.6 Å². The van der Waals surface area contributed by atoms with E-state index in [1.807, 2.05) is 0 Å². The largest absolute Gasteiger partial charge is 0.243 e. The minimum absolute atomic E-state index is 0.0284. The summed E-state index contributed by atoms with van der Waals surface area (Å²) in [5, 5.41) is 0. The minimum atomic E-state index is -4.14. The molecule has 1 atom stereocenters. The number of sulfone groups is 1. The van der Waals surface area contributed by atoms with Gasteiger partial charge >= 0.3 is 0 Å². The second-order valence-electron chi connectivity index (χ2n) is 4.87. The predicted octanol–water partition coefficient (Wildman–Crippen LogP) is 1.16. The highest BCUT2D eigenvalue weighted by molar-refractivity contribution is 7.92. The van der Waals surface area contributed by atoms with Crippen molar-refractivity contribution in [1.29, 1.82) is 0 Å². The number of hydrogen-bond acceptors (Lipinski definition) is 4. The van der Waals surface area contributed by atoms with Gasteiger partial charge in [-0.05, 0) is 18.6 Å². The van der Waals surface area contributed by atoms with Crippen LogP contribution in [0.5, 0.6) is 0 Å². The van der Waals surface area contributed by atoms with Crippen LogP contribution >= 0.6 is 0 Å². The summed E-state index contributed by atoms with van der Waals surface area (Å²) in [6.07, 6.45) is 0.188. The van der Waals surface area contributed by atoms with E-state index in [1.165, 1.54) is 0 Å². The third-order valence-corrected chi connectivity index (χ3v) is 7.13. The second kappa shape index (κ2) is 5.62. The lowest BCUT2D eigenvalue weighted by Gasteiger charge is -2.26. The Hall–Kier alpha value is -1.06. The number of nitrogens with zero attached hydrogens (tertiary/aromatic N) is 1. The monoisotopic (exact) mass is 339 g/mol. The van der Waals surface area contributed by atoms with Crippen LogP contribution in [0.3, 0.4) is 0 Å². The molecule has 21 heavy (non-hydrogen) atoms. The SMILES string of the molecule is CCN([C@@H]1CCS(=O)(=O)C1)S(=O)(=O)c1cc(F)cc(F)c1. The van der Waals surface area contributed by atoms with E-state index in [4.69, 9.17) is 0 Å². The highest BCUT2D eigenvalue weighted by Gasteiger charge is 2.38. The molecule has 1 saturated heterocycles. The zero-order chi connectivity index (χ0) is 15.8. The molecule has 0 aromatic heterocycles. The fourth-order valence-electron chi connectivity index (χ4n) is 2.44. The van der Waals surface area contributed by atoms with Gasteiger partial charge in [0.15, 0.2) is 9.84 Å². The lowest BCUT2D eigenvalue weighted by atomic mass is 10.3. The average molecular weight is 339 g/mol. The Balaban J connectivity index is 2.41. The van der Waals surface area contributed by atoms with Crippen LogP contribution in [0.2, 0.25) is 0 Å². The maximum absolute atomic E-state index is 13.2. The number of rotatable bonds is 4. The topological polar surface area (TPSA) is 71.5 Å². The van der Waals surface area contributed by atoms with Crippen molar-refractivity contribution in [1.82, 2.24) is 4.31 Å². The summed E-state index contributed by atoms with van der Waals surface area (Å²) in [4.78, 5) is -0.508. The van der Waals surface area contributed by atoms with Crippen molar-refractivity contribution in [3.05, 3.63) is 29.8 Å². The molecule has 1 aromatic rings. The van der Waals surface area contributed by atoms with Crippen molar-refractivity contribution in [2.45, 2.75) is 24.3 Å². The van der Waals surface area contributed by atoms with Crippen molar-refractivity contribution >= 4 is 19.9 Å². The summed E-state index contributed by atoms with van der Waals surface area (Å²) < 4.78 is 75.3. The first kappa shape index (κ1) is 16.3. The quantitative estimate of drug-likeness (QED) is 0.825. The van der Waals surface area contributed by atoms with Crippen LogP contribution in [0.4, 0.5) is 8.78 Å². The van der Waals surface area contributed by atoms with Crippen LogP contribution < -0.4 is 0 Å². The lowest BCUT2D eigenvalue weighted by Crippen LogP contribution is -2.40. The molecule has 1 aliphatic rings. The Morgan fingerprint density at radius 1 is 1.24 bits per heavy atom. The first-order valence-electron chi connectivity index (χ1n) is 6.34. The molecule has 5 nitrogen and oxygen atoms in total. The molecular weight excluding hydrogens is 324 g/mol. The molecule has 1 heterocycles. The van der Waals surface area contributed by atoms with Crippen molar-refractivity contribution in [2.75, 3.05) is 18.1 Å². The van der Waals surface area contributed by atoms with Gasteiger partial charge in [0.1, 0.15) is 11.6 Å². The van der Waals surface area contributed by atoms with Crippen LogP contribution in [0.25, 0.3) is 0 Å². The molecule has 0 aliphatic carbocycles. The van der Waals surface area contributed by atoms with Gasteiger partial charge in [-0.15, -0.1) is 0 Å². The number of hydrogen-bond donors (Lipinski definition) is 0. The average Bonchev–Trinajstić information content (AvgIpc) is 2.68. The van der Waals surface area contributed by atoms with Gasteiger partial charge < -0.3 is 0 Å². The van der Waals surface area contributed by atoms with Crippen molar-refractivity contribution in [3.8, 4) is 0 Å². The smallest absolute Gasteiger partial charge is 0.229 e. The molecule has 1 aliphatic heterocycles. The zero-order valence-corrected chi connectivity index (χ0v) is 12.9. The summed E-state index contributed by atoms with van der Waals surface area (Å²) in [6, 6.07) is 1.33. The van der Waals surface area contributed by atoms with E-state index in [9.17, 15) is 25.6 Å². The van der Waals surface area contributed by atoms with Gasteiger partial charge in [0, 0.05) is 18.7 Å². The van der Waals surface area contributed by atoms with E-state index >= 15 is 0 Å². The number of benzene rings is 1. The molecule has 2 rings (SSSR count). The molecule has 118 valence electrons. The van der Waals surface area contributed by atoms with Crippen LogP contribution in [-0.2, 0) is 19.9 Å². The van der Waals surface area contributed by atoms with Gasteiger partial charge in [-0.2, -0.15) is 4.31 Å². The van der Waals surface area contributed by atoms with E-state index in [2.05, 4.69) is 0 Å². The maximum atomic E-state index is 13.2. The highest BCUT2D eigenvalue weighted by atomic mass is 32.2. The Labute approximate surface area is 122 Å². The summed E-state index contributed by atoms with van der Waals surface area (Å²) in [7, 11) is -7.40. The van der Waals surface area contributed by atoms with Gasteiger partial charge in [0.05, 0.1) is 16.4 Å². The Morgan fingerprint density at radius 2 is 1.81 bits per heavy atom. The molecular formula is C12H15F2NO4S2. The minimum Gasteiger partial charge on any atom is -0.229 e. The third kappa shape index (κ3) is 3.41. The van der Waals surface area contributed by atoms with Crippen LogP contribution in [-0.4, -0.2) is 45.2 Å². The van der Waals surface area contributed by atoms with Crippen molar-refractivity contribution in [3.63, 3.8) is 0 Å². The second-order valence-corrected chi connectivity index (χ2v) is 8.99. The fraction of sp³-hybridized carbons (Fsp3) is 0.500. The third-order valence-electron chi connectivity index (χ3n) is 3.37. The first-order chi connectivity index (χ1) is 9.65. The predicted molar refractivity (Wildman–Crippen MR) is 73.0 cm³/mol. The Kier molecular flexibility index (Phi) is 4.36. The van der Waals surface area contributed by atoms with E-state index in [1.54, 1.807) is 6.92 Å². The van der Waals surface area contributed by atoms with Crippen molar-refractivity contribution in [2.24, 2.45) is 0 Å².